The highest BCUT2D eigenvalue weighted by Gasteiger charge is 2.10. The van der Waals surface area contributed by atoms with Crippen LogP contribution in [0, 0.1) is 0 Å². The average Bonchev–Trinajstić information content (AvgIpc) is 2.58. The number of aliphatic hydroxyl groups excluding tert-OH is 1. The summed E-state index contributed by atoms with van der Waals surface area (Å²) >= 11 is 0. The van der Waals surface area contributed by atoms with Gasteiger partial charge in [-0.3, -0.25) is 9.79 Å². The van der Waals surface area contributed by atoms with Gasteiger partial charge in [-0.05, 0) is 18.9 Å². The lowest BCUT2D eigenvalue weighted by atomic mass is 10.0. The molecule has 1 aromatic carbocycles. The minimum absolute atomic E-state index is 0. The maximum absolute atomic E-state index is 11.2. The molecule has 0 aliphatic rings. The van der Waals surface area contributed by atoms with Crippen molar-refractivity contribution >= 4 is 35.9 Å². The molecule has 7 heteroatoms. The number of halogens is 1. The van der Waals surface area contributed by atoms with Crippen molar-refractivity contribution in [3.05, 3.63) is 35.9 Å². The van der Waals surface area contributed by atoms with Gasteiger partial charge in [-0.25, -0.2) is 0 Å². The maximum Gasteiger partial charge on any atom is 0.305 e. The van der Waals surface area contributed by atoms with Crippen LogP contribution in [-0.2, 0) is 9.53 Å². The number of ether oxygens (including phenoxy) is 1. The lowest BCUT2D eigenvalue weighted by Gasteiger charge is -2.18. The van der Waals surface area contributed by atoms with Gasteiger partial charge in [0.1, 0.15) is 0 Å². The molecule has 0 aromatic heterocycles. The molecule has 0 saturated carbocycles. The summed E-state index contributed by atoms with van der Waals surface area (Å²) in [4.78, 5) is 15.4. The molecule has 1 atom stereocenters. The molecule has 0 aliphatic heterocycles. The number of hydrogen-bond acceptors (Lipinski definition) is 4. The summed E-state index contributed by atoms with van der Waals surface area (Å²) in [6.07, 6.45) is 1.07. The van der Waals surface area contributed by atoms with E-state index in [-0.39, 0.29) is 42.5 Å². The lowest BCUT2D eigenvalue weighted by Crippen LogP contribution is -2.40. The van der Waals surface area contributed by atoms with Crippen molar-refractivity contribution < 1.29 is 14.6 Å². The van der Waals surface area contributed by atoms with Gasteiger partial charge in [0.15, 0.2) is 5.96 Å². The Morgan fingerprint density at radius 1 is 1.29 bits per heavy atom. The third-order valence-corrected chi connectivity index (χ3v) is 3.39. The summed E-state index contributed by atoms with van der Waals surface area (Å²) in [6.45, 7) is 3.49. The van der Waals surface area contributed by atoms with Gasteiger partial charge < -0.3 is 20.5 Å². The number of carbonyl (C=O) groups is 1. The first-order valence-corrected chi connectivity index (χ1v) is 7.97. The van der Waals surface area contributed by atoms with E-state index in [0.29, 0.717) is 38.5 Å². The van der Waals surface area contributed by atoms with Crippen molar-refractivity contribution in [3.8, 4) is 0 Å². The maximum atomic E-state index is 11.2. The van der Waals surface area contributed by atoms with E-state index in [9.17, 15) is 9.90 Å². The van der Waals surface area contributed by atoms with E-state index in [1.807, 2.05) is 30.3 Å². The third kappa shape index (κ3) is 9.07. The Hall–Kier alpha value is -1.35. The highest BCUT2D eigenvalue weighted by Crippen LogP contribution is 2.13. The van der Waals surface area contributed by atoms with Crippen LogP contribution < -0.4 is 10.6 Å². The fourth-order valence-electron chi connectivity index (χ4n) is 2.13. The number of aliphatic imine (C=N–C) groups is 1. The van der Waals surface area contributed by atoms with E-state index in [2.05, 4.69) is 15.6 Å². The highest BCUT2D eigenvalue weighted by atomic mass is 127. The van der Waals surface area contributed by atoms with Gasteiger partial charge in [-0.15, -0.1) is 24.0 Å². The largest absolute Gasteiger partial charge is 0.466 e. The van der Waals surface area contributed by atoms with Crippen LogP contribution in [0.15, 0.2) is 35.3 Å². The molecule has 1 rings (SSSR count). The second-order valence-electron chi connectivity index (χ2n) is 5.08. The number of aliphatic hydroxyl groups is 1. The fourth-order valence-corrected chi connectivity index (χ4v) is 2.13. The van der Waals surface area contributed by atoms with Gasteiger partial charge in [0, 0.05) is 32.5 Å². The lowest BCUT2D eigenvalue weighted by molar-refractivity contribution is -0.143. The normalized spacial score (nSPS) is 12.0. The van der Waals surface area contributed by atoms with Crippen molar-refractivity contribution in [1.29, 1.82) is 0 Å². The van der Waals surface area contributed by atoms with Crippen molar-refractivity contribution in [2.24, 2.45) is 4.99 Å². The minimum Gasteiger partial charge on any atom is -0.466 e. The summed E-state index contributed by atoms with van der Waals surface area (Å²) in [5, 5.41) is 15.9. The molecule has 0 heterocycles. The predicted octanol–water partition coefficient (Wildman–Crippen LogP) is 1.89. The average molecular weight is 449 g/mol. The summed E-state index contributed by atoms with van der Waals surface area (Å²) in [5.74, 6) is 0.485. The zero-order chi connectivity index (χ0) is 16.9. The van der Waals surface area contributed by atoms with Crippen LogP contribution in [0.25, 0.3) is 0 Å². The van der Waals surface area contributed by atoms with Crippen LogP contribution in [0.3, 0.4) is 0 Å². The van der Waals surface area contributed by atoms with E-state index < -0.39 is 0 Å². The van der Waals surface area contributed by atoms with Gasteiger partial charge in [0.2, 0.25) is 0 Å². The third-order valence-electron chi connectivity index (χ3n) is 3.39. The van der Waals surface area contributed by atoms with Gasteiger partial charge in [-0.2, -0.15) is 0 Å². The van der Waals surface area contributed by atoms with E-state index in [1.54, 1.807) is 14.0 Å². The SMILES string of the molecule is CCOC(=O)CCCNC(=NC)NCC(CO)c1ccccc1.I. The molecule has 0 aliphatic carbocycles. The van der Waals surface area contributed by atoms with Crippen molar-refractivity contribution in [3.63, 3.8) is 0 Å². The first-order chi connectivity index (χ1) is 11.2. The van der Waals surface area contributed by atoms with E-state index >= 15 is 0 Å². The predicted molar refractivity (Wildman–Crippen MR) is 107 cm³/mol. The van der Waals surface area contributed by atoms with Gasteiger partial charge in [-0.1, -0.05) is 30.3 Å². The van der Waals surface area contributed by atoms with Crippen LogP contribution in [0.4, 0.5) is 0 Å². The number of hydrogen-bond donors (Lipinski definition) is 3. The highest BCUT2D eigenvalue weighted by molar-refractivity contribution is 14.0. The monoisotopic (exact) mass is 449 g/mol. The molecule has 0 radical (unpaired) electrons. The molecule has 1 aromatic rings. The van der Waals surface area contributed by atoms with Crippen molar-refractivity contribution in [2.75, 3.05) is 33.4 Å². The zero-order valence-electron chi connectivity index (χ0n) is 14.3. The number of nitrogens with zero attached hydrogens (tertiary/aromatic N) is 1. The Balaban J connectivity index is 0.00000529. The van der Waals surface area contributed by atoms with Crippen molar-refractivity contribution in [2.45, 2.75) is 25.7 Å². The number of guanidine groups is 1. The second kappa shape index (κ2) is 14.0. The van der Waals surface area contributed by atoms with Crippen LogP contribution in [0.5, 0.6) is 0 Å². The molecule has 1 unspecified atom stereocenters. The van der Waals surface area contributed by atoms with E-state index in [1.165, 1.54) is 0 Å². The summed E-state index contributed by atoms with van der Waals surface area (Å²) < 4.78 is 4.88. The van der Waals surface area contributed by atoms with Crippen LogP contribution >= 0.6 is 24.0 Å². The summed E-state index contributed by atoms with van der Waals surface area (Å²) in [5.41, 5.74) is 1.08. The first-order valence-electron chi connectivity index (χ1n) is 7.97. The standard InChI is InChI=1S/C17H27N3O3.HI/c1-3-23-16(22)10-7-11-19-17(18-2)20-12-15(13-21)14-8-5-4-6-9-14;/h4-6,8-9,15,21H,3,7,10-13H2,1-2H3,(H2,18,19,20);1H. The summed E-state index contributed by atoms with van der Waals surface area (Å²) in [6, 6.07) is 9.87. The molecule has 3 N–H and O–H groups in total. The molecular formula is C17H28IN3O3. The molecule has 0 saturated heterocycles. The summed E-state index contributed by atoms with van der Waals surface area (Å²) in [7, 11) is 1.69. The smallest absolute Gasteiger partial charge is 0.305 e. The Morgan fingerprint density at radius 2 is 2.00 bits per heavy atom. The van der Waals surface area contributed by atoms with Crippen molar-refractivity contribution in [1.82, 2.24) is 10.6 Å². The molecule has 0 bridgehead atoms. The Bertz CT molecular complexity index is 483. The van der Waals surface area contributed by atoms with Crippen LogP contribution in [-0.4, -0.2) is 50.4 Å². The zero-order valence-corrected chi connectivity index (χ0v) is 16.7. The number of esters is 1. The van der Waals surface area contributed by atoms with Gasteiger partial charge in [0.05, 0.1) is 13.2 Å². The Kier molecular flexibility index (Phi) is 13.2. The molecule has 136 valence electrons. The molecular weight excluding hydrogens is 421 g/mol. The number of benzene rings is 1. The Labute approximate surface area is 161 Å². The topological polar surface area (TPSA) is 83.0 Å². The first kappa shape index (κ1) is 22.6. The van der Waals surface area contributed by atoms with Crippen LogP contribution in [0.2, 0.25) is 0 Å². The molecule has 0 amide bonds. The van der Waals surface area contributed by atoms with Gasteiger partial charge in [0.25, 0.3) is 0 Å². The molecule has 24 heavy (non-hydrogen) atoms. The second-order valence-corrected chi connectivity index (χ2v) is 5.08. The minimum atomic E-state index is -0.179. The van der Waals surface area contributed by atoms with Gasteiger partial charge >= 0.3 is 5.97 Å². The molecule has 0 fully saturated rings. The molecule has 0 spiro atoms. The van der Waals surface area contributed by atoms with E-state index in [4.69, 9.17) is 4.74 Å². The fraction of sp³-hybridized carbons (Fsp3) is 0.529. The number of carbonyl (C=O) groups excluding carboxylic acids is 1. The quantitative estimate of drug-likeness (QED) is 0.176. The van der Waals surface area contributed by atoms with Crippen LogP contribution in [0.1, 0.15) is 31.2 Å². The molecule has 6 nitrogen and oxygen atoms in total. The number of nitrogens with one attached hydrogen (secondary N) is 2. The number of rotatable bonds is 9. The van der Waals surface area contributed by atoms with E-state index in [0.717, 1.165) is 5.56 Å². The Morgan fingerprint density at radius 3 is 2.58 bits per heavy atom.